The summed E-state index contributed by atoms with van der Waals surface area (Å²) in [6, 6.07) is 0.658. The number of nitrogens with zero attached hydrogens (tertiary/aromatic N) is 1. The van der Waals surface area contributed by atoms with Gasteiger partial charge in [0.05, 0.1) is 0 Å². The first-order valence-electron chi connectivity index (χ1n) is 7.39. The number of hydrogen-bond donors (Lipinski definition) is 2. The molecule has 0 saturated carbocycles. The average molecular weight is 255 g/mol. The molecule has 0 spiro atoms. The van der Waals surface area contributed by atoms with Crippen LogP contribution in [-0.4, -0.2) is 49.6 Å². The van der Waals surface area contributed by atoms with E-state index < -0.39 is 0 Å². The maximum Gasteiger partial charge on any atom is 0.221 e. The Morgan fingerprint density at radius 2 is 2.17 bits per heavy atom. The third-order valence-electron chi connectivity index (χ3n) is 3.67. The second-order valence-electron chi connectivity index (χ2n) is 5.33. The summed E-state index contributed by atoms with van der Waals surface area (Å²) in [6.45, 7) is 11.5. The fourth-order valence-electron chi connectivity index (χ4n) is 2.61. The predicted molar refractivity (Wildman–Crippen MR) is 75.6 cm³/mol. The number of hydrogen-bond acceptors (Lipinski definition) is 3. The zero-order chi connectivity index (χ0) is 13.4. The molecule has 0 aromatic carbocycles. The van der Waals surface area contributed by atoms with Crippen LogP contribution < -0.4 is 10.6 Å². The molecule has 0 radical (unpaired) electrons. The van der Waals surface area contributed by atoms with E-state index in [0.29, 0.717) is 18.4 Å². The Kier molecular flexibility index (Phi) is 7.28. The lowest BCUT2D eigenvalue weighted by Crippen LogP contribution is -2.49. The van der Waals surface area contributed by atoms with Gasteiger partial charge in [0.1, 0.15) is 0 Å². The zero-order valence-electron chi connectivity index (χ0n) is 12.2. The van der Waals surface area contributed by atoms with E-state index in [0.717, 1.165) is 32.7 Å². The summed E-state index contributed by atoms with van der Waals surface area (Å²) >= 11 is 0. The van der Waals surface area contributed by atoms with E-state index in [9.17, 15) is 4.79 Å². The molecule has 1 rings (SSSR count). The van der Waals surface area contributed by atoms with Crippen molar-refractivity contribution < 1.29 is 4.79 Å². The number of carbonyl (C=O) groups is 1. The lowest BCUT2D eigenvalue weighted by molar-refractivity contribution is -0.121. The topological polar surface area (TPSA) is 44.4 Å². The molecular formula is C14H29N3O. The van der Waals surface area contributed by atoms with Gasteiger partial charge in [0.15, 0.2) is 0 Å². The predicted octanol–water partition coefficient (Wildman–Crippen LogP) is 1.22. The summed E-state index contributed by atoms with van der Waals surface area (Å²) in [5.74, 6) is 0.857. The molecule has 106 valence electrons. The molecule has 0 bridgehead atoms. The molecule has 1 amide bonds. The summed E-state index contributed by atoms with van der Waals surface area (Å²) in [5, 5.41) is 6.48. The third kappa shape index (κ3) is 5.36. The smallest absolute Gasteiger partial charge is 0.221 e. The van der Waals surface area contributed by atoms with Gasteiger partial charge >= 0.3 is 0 Å². The maximum absolute atomic E-state index is 11.4. The molecule has 0 aliphatic carbocycles. The minimum atomic E-state index is 0.177. The molecule has 4 heteroatoms. The van der Waals surface area contributed by atoms with Crippen LogP contribution in [0.5, 0.6) is 0 Å². The molecule has 1 aliphatic rings. The molecule has 1 heterocycles. The quantitative estimate of drug-likeness (QED) is 0.719. The molecule has 1 aliphatic heterocycles. The molecule has 0 aromatic rings. The Morgan fingerprint density at radius 1 is 1.39 bits per heavy atom. The van der Waals surface area contributed by atoms with Gasteiger partial charge in [0.2, 0.25) is 5.91 Å². The highest BCUT2D eigenvalue weighted by Gasteiger charge is 2.25. The van der Waals surface area contributed by atoms with Crippen molar-refractivity contribution in [3.05, 3.63) is 0 Å². The van der Waals surface area contributed by atoms with E-state index in [-0.39, 0.29) is 5.91 Å². The van der Waals surface area contributed by atoms with Crippen molar-refractivity contribution in [1.29, 1.82) is 0 Å². The van der Waals surface area contributed by atoms with Gasteiger partial charge in [-0.25, -0.2) is 0 Å². The van der Waals surface area contributed by atoms with Crippen LogP contribution in [0.25, 0.3) is 0 Å². The van der Waals surface area contributed by atoms with Gasteiger partial charge in [-0.05, 0) is 38.8 Å². The highest BCUT2D eigenvalue weighted by molar-refractivity contribution is 5.75. The first-order valence-corrected chi connectivity index (χ1v) is 7.39. The molecule has 2 N–H and O–H groups in total. The second kappa shape index (κ2) is 8.48. The third-order valence-corrected chi connectivity index (χ3v) is 3.67. The molecule has 2 atom stereocenters. The standard InChI is InChI=1S/C14H29N3O/c1-4-8-16-13-6-9-17(11-12(13)3)10-7-14(18)15-5-2/h12-13,16H,4-11H2,1-3H3,(H,15,18). The first kappa shape index (κ1) is 15.4. The van der Waals surface area contributed by atoms with Gasteiger partial charge in [-0.3, -0.25) is 4.79 Å². The molecule has 4 nitrogen and oxygen atoms in total. The SMILES string of the molecule is CCCNC1CCN(CCC(=O)NCC)CC1C. The van der Waals surface area contributed by atoms with Crippen LogP contribution in [0.2, 0.25) is 0 Å². The monoisotopic (exact) mass is 255 g/mol. The van der Waals surface area contributed by atoms with Crippen LogP contribution in [0.4, 0.5) is 0 Å². The largest absolute Gasteiger partial charge is 0.356 e. The number of carbonyl (C=O) groups excluding carboxylic acids is 1. The number of amides is 1. The lowest BCUT2D eigenvalue weighted by Gasteiger charge is -2.37. The lowest BCUT2D eigenvalue weighted by atomic mass is 9.93. The number of likely N-dealkylation sites (tertiary alicyclic amines) is 1. The van der Waals surface area contributed by atoms with E-state index in [1.807, 2.05) is 6.92 Å². The van der Waals surface area contributed by atoms with E-state index in [1.54, 1.807) is 0 Å². The fourth-order valence-corrected chi connectivity index (χ4v) is 2.61. The first-order chi connectivity index (χ1) is 8.67. The summed E-state index contributed by atoms with van der Waals surface area (Å²) in [6.07, 6.45) is 3.04. The van der Waals surface area contributed by atoms with Crippen molar-refractivity contribution in [3.63, 3.8) is 0 Å². The van der Waals surface area contributed by atoms with Crippen LogP contribution >= 0.6 is 0 Å². The van der Waals surface area contributed by atoms with Gasteiger partial charge < -0.3 is 15.5 Å². The molecule has 2 unspecified atom stereocenters. The summed E-state index contributed by atoms with van der Waals surface area (Å²) in [7, 11) is 0. The van der Waals surface area contributed by atoms with Crippen molar-refractivity contribution in [2.45, 2.75) is 46.1 Å². The van der Waals surface area contributed by atoms with Crippen molar-refractivity contribution in [3.8, 4) is 0 Å². The normalized spacial score (nSPS) is 25.1. The van der Waals surface area contributed by atoms with Crippen LogP contribution in [0, 0.1) is 5.92 Å². The molecule has 18 heavy (non-hydrogen) atoms. The number of nitrogens with one attached hydrogen (secondary N) is 2. The van der Waals surface area contributed by atoms with Crippen molar-refractivity contribution in [2.24, 2.45) is 5.92 Å². The van der Waals surface area contributed by atoms with Crippen LogP contribution in [0.1, 0.15) is 40.0 Å². The minimum absolute atomic E-state index is 0.177. The summed E-state index contributed by atoms with van der Waals surface area (Å²) in [4.78, 5) is 13.8. The van der Waals surface area contributed by atoms with E-state index in [2.05, 4.69) is 29.4 Å². The highest BCUT2D eigenvalue weighted by atomic mass is 16.1. The van der Waals surface area contributed by atoms with Crippen LogP contribution in [-0.2, 0) is 4.79 Å². The summed E-state index contributed by atoms with van der Waals surface area (Å²) < 4.78 is 0. The molecule has 1 fully saturated rings. The summed E-state index contributed by atoms with van der Waals surface area (Å²) in [5.41, 5.74) is 0. The van der Waals surface area contributed by atoms with Crippen LogP contribution in [0.3, 0.4) is 0 Å². The molecule has 0 aromatic heterocycles. The zero-order valence-corrected chi connectivity index (χ0v) is 12.2. The van der Waals surface area contributed by atoms with E-state index in [1.165, 1.54) is 12.8 Å². The van der Waals surface area contributed by atoms with E-state index in [4.69, 9.17) is 0 Å². The number of piperidine rings is 1. The Labute approximate surface area is 111 Å². The van der Waals surface area contributed by atoms with Gasteiger partial charge in [-0.1, -0.05) is 13.8 Å². The van der Waals surface area contributed by atoms with Gasteiger partial charge in [0.25, 0.3) is 0 Å². The van der Waals surface area contributed by atoms with Gasteiger partial charge in [-0.2, -0.15) is 0 Å². The second-order valence-corrected chi connectivity index (χ2v) is 5.33. The van der Waals surface area contributed by atoms with Gasteiger partial charge in [0, 0.05) is 32.1 Å². The highest BCUT2D eigenvalue weighted by Crippen LogP contribution is 2.16. The number of rotatable bonds is 7. The Bertz CT molecular complexity index is 245. The molecular weight excluding hydrogens is 226 g/mol. The fraction of sp³-hybridized carbons (Fsp3) is 0.929. The van der Waals surface area contributed by atoms with Crippen molar-refractivity contribution in [2.75, 3.05) is 32.7 Å². The van der Waals surface area contributed by atoms with E-state index >= 15 is 0 Å². The maximum atomic E-state index is 11.4. The average Bonchev–Trinajstić information content (AvgIpc) is 2.35. The minimum Gasteiger partial charge on any atom is -0.356 e. The Balaban J connectivity index is 2.21. The molecule has 1 saturated heterocycles. The Hall–Kier alpha value is -0.610. The van der Waals surface area contributed by atoms with Crippen LogP contribution in [0.15, 0.2) is 0 Å². The van der Waals surface area contributed by atoms with Crippen molar-refractivity contribution >= 4 is 5.91 Å². The Morgan fingerprint density at radius 3 is 2.78 bits per heavy atom. The van der Waals surface area contributed by atoms with Crippen molar-refractivity contribution in [1.82, 2.24) is 15.5 Å². The van der Waals surface area contributed by atoms with Gasteiger partial charge in [-0.15, -0.1) is 0 Å².